The molecule has 4 nitrogen and oxygen atoms in total. The fraction of sp³-hybridized carbons (Fsp3) is 0.444. The van der Waals surface area contributed by atoms with Crippen molar-refractivity contribution < 1.29 is 4.79 Å². The van der Waals surface area contributed by atoms with Crippen LogP contribution in [0, 0.1) is 5.92 Å². The quantitative estimate of drug-likeness (QED) is 0.942. The van der Waals surface area contributed by atoms with Gasteiger partial charge in [-0.15, -0.1) is 0 Å². The summed E-state index contributed by atoms with van der Waals surface area (Å²) in [6.45, 7) is 0.797. The Hall–Kier alpha value is -2.10. The van der Waals surface area contributed by atoms with Crippen LogP contribution in [-0.2, 0) is 12.8 Å². The third kappa shape index (κ3) is 2.32. The molecule has 22 heavy (non-hydrogen) atoms. The summed E-state index contributed by atoms with van der Waals surface area (Å²) in [5, 5.41) is 7.71. The molecule has 0 atom stereocenters. The molecule has 0 aliphatic heterocycles. The van der Waals surface area contributed by atoms with Crippen molar-refractivity contribution in [2.75, 3.05) is 6.54 Å². The Labute approximate surface area is 130 Å². The van der Waals surface area contributed by atoms with E-state index in [0.717, 1.165) is 37.1 Å². The number of rotatable bonds is 4. The molecule has 1 amide bonds. The minimum atomic E-state index is -0.000249. The maximum Gasteiger partial charge on any atom is 0.272 e. The molecule has 1 fully saturated rings. The first kappa shape index (κ1) is 13.6. The predicted octanol–water partition coefficient (Wildman–Crippen LogP) is 2.89. The van der Waals surface area contributed by atoms with Gasteiger partial charge in [-0.1, -0.05) is 24.6 Å². The molecule has 2 aromatic rings. The van der Waals surface area contributed by atoms with Crippen LogP contribution < -0.4 is 5.32 Å². The third-order valence-electron chi connectivity index (χ3n) is 4.92. The van der Waals surface area contributed by atoms with E-state index in [1.807, 2.05) is 35.0 Å². The van der Waals surface area contributed by atoms with Crippen molar-refractivity contribution in [3.8, 4) is 5.69 Å². The zero-order valence-electron chi connectivity index (χ0n) is 12.7. The highest BCUT2D eigenvalue weighted by molar-refractivity contribution is 5.94. The first-order chi connectivity index (χ1) is 10.8. The molecule has 4 heteroatoms. The average Bonchev–Trinajstić information content (AvgIpc) is 3.08. The summed E-state index contributed by atoms with van der Waals surface area (Å²) < 4.78 is 1.96. The van der Waals surface area contributed by atoms with E-state index >= 15 is 0 Å². The lowest BCUT2D eigenvalue weighted by Gasteiger charge is -2.25. The molecule has 4 rings (SSSR count). The number of nitrogens with one attached hydrogen (secondary N) is 1. The second-order valence-corrected chi connectivity index (χ2v) is 6.38. The summed E-state index contributed by atoms with van der Waals surface area (Å²) in [4.78, 5) is 12.5. The van der Waals surface area contributed by atoms with Crippen molar-refractivity contribution in [3.63, 3.8) is 0 Å². The molecule has 0 saturated heterocycles. The van der Waals surface area contributed by atoms with Crippen molar-refractivity contribution in [1.29, 1.82) is 0 Å². The minimum Gasteiger partial charge on any atom is -0.350 e. The Morgan fingerprint density at radius 2 is 2.00 bits per heavy atom. The number of carbonyl (C=O) groups excluding carboxylic acids is 1. The van der Waals surface area contributed by atoms with E-state index in [1.54, 1.807) is 0 Å². The van der Waals surface area contributed by atoms with E-state index in [-0.39, 0.29) is 5.91 Å². The lowest BCUT2D eigenvalue weighted by Crippen LogP contribution is -2.32. The number of hydrogen-bond donors (Lipinski definition) is 1. The minimum absolute atomic E-state index is 0.000249. The number of carbonyl (C=O) groups is 1. The summed E-state index contributed by atoms with van der Waals surface area (Å²) in [6, 6.07) is 10.1. The van der Waals surface area contributed by atoms with Gasteiger partial charge in [0, 0.05) is 17.8 Å². The molecule has 114 valence electrons. The first-order valence-electron chi connectivity index (χ1n) is 8.27. The molecule has 1 saturated carbocycles. The van der Waals surface area contributed by atoms with Crippen LogP contribution in [0.3, 0.4) is 0 Å². The molecule has 1 N–H and O–H groups in total. The molecule has 0 spiro atoms. The van der Waals surface area contributed by atoms with Gasteiger partial charge in [0.1, 0.15) is 0 Å². The second-order valence-electron chi connectivity index (χ2n) is 6.38. The van der Waals surface area contributed by atoms with E-state index in [1.165, 1.54) is 25.0 Å². The average molecular weight is 295 g/mol. The summed E-state index contributed by atoms with van der Waals surface area (Å²) >= 11 is 0. The maximum absolute atomic E-state index is 12.5. The fourth-order valence-electron chi connectivity index (χ4n) is 3.42. The zero-order chi connectivity index (χ0) is 14.9. The van der Waals surface area contributed by atoms with Crippen molar-refractivity contribution >= 4 is 5.91 Å². The molecular formula is C18H21N3O. The van der Waals surface area contributed by atoms with Gasteiger partial charge in [0.25, 0.3) is 5.91 Å². The van der Waals surface area contributed by atoms with Crippen LogP contribution in [0.2, 0.25) is 0 Å². The smallest absolute Gasteiger partial charge is 0.272 e. The normalized spacial score (nSPS) is 17.1. The summed E-state index contributed by atoms with van der Waals surface area (Å²) in [5.41, 5.74) is 4.03. The number of nitrogens with zero attached hydrogens (tertiary/aromatic N) is 2. The van der Waals surface area contributed by atoms with Gasteiger partial charge in [0.15, 0.2) is 5.69 Å². The van der Waals surface area contributed by atoms with E-state index in [9.17, 15) is 4.79 Å². The first-order valence-corrected chi connectivity index (χ1v) is 8.27. The molecule has 0 unspecified atom stereocenters. The highest BCUT2D eigenvalue weighted by Gasteiger charge is 2.27. The topological polar surface area (TPSA) is 46.9 Å². The Kier molecular flexibility index (Phi) is 3.45. The molecular weight excluding hydrogens is 274 g/mol. The highest BCUT2D eigenvalue weighted by Crippen LogP contribution is 2.28. The van der Waals surface area contributed by atoms with Crippen LogP contribution >= 0.6 is 0 Å². The van der Waals surface area contributed by atoms with E-state index < -0.39 is 0 Å². The fourth-order valence-corrected chi connectivity index (χ4v) is 3.42. The molecule has 0 radical (unpaired) electrons. The Morgan fingerprint density at radius 3 is 2.73 bits per heavy atom. The molecule has 2 aliphatic carbocycles. The molecule has 2 aliphatic rings. The SMILES string of the molecule is O=C(NCC1CCC1)c1nn(-c2ccccc2)c2c1CCC2. The summed E-state index contributed by atoms with van der Waals surface area (Å²) in [7, 11) is 0. The van der Waals surface area contributed by atoms with Crippen LogP contribution in [0.25, 0.3) is 5.69 Å². The Balaban J connectivity index is 1.61. The van der Waals surface area contributed by atoms with Crippen LogP contribution in [0.15, 0.2) is 30.3 Å². The number of amides is 1. The van der Waals surface area contributed by atoms with Gasteiger partial charge in [0.2, 0.25) is 0 Å². The molecule has 1 heterocycles. The van der Waals surface area contributed by atoms with E-state index in [0.29, 0.717) is 11.6 Å². The molecule has 1 aromatic carbocycles. The second kappa shape index (κ2) is 5.59. The van der Waals surface area contributed by atoms with Crippen LogP contribution in [0.4, 0.5) is 0 Å². The summed E-state index contributed by atoms with van der Waals surface area (Å²) in [6.07, 6.45) is 6.89. The third-order valence-corrected chi connectivity index (χ3v) is 4.92. The van der Waals surface area contributed by atoms with Gasteiger partial charge < -0.3 is 5.32 Å². The Bertz CT molecular complexity index is 686. The standard InChI is InChI=1S/C18H21N3O/c22-18(19-12-13-6-4-7-13)17-15-10-5-11-16(15)21(20-17)14-8-2-1-3-9-14/h1-3,8-9,13H,4-7,10-12H2,(H,19,22). The van der Waals surface area contributed by atoms with E-state index in [4.69, 9.17) is 0 Å². The monoisotopic (exact) mass is 295 g/mol. The van der Waals surface area contributed by atoms with Crippen LogP contribution in [0.1, 0.15) is 47.4 Å². The van der Waals surface area contributed by atoms with Gasteiger partial charge in [-0.3, -0.25) is 4.79 Å². The highest BCUT2D eigenvalue weighted by atomic mass is 16.1. The predicted molar refractivity (Wildman–Crippen MR) is 85.3 cm³/mol. The Morgan fingerprint density at radius 1 is 1.18 bits per heavy atom. The lowest BCUT2D eigenvalue weighted by atomic mass is 9.85. The number of aromatic nitrogens is 2. The van der Waals surface area contributed by atoms with Crippen LogP contribution in [-0.4, -0.2) is 22.2 Å². The van der Waals surface area contributed by atoms with Crippen molar-refractivity contribution in [2.45, 2.75) is 38.5 Å². The van der Waals surface area contributed by atoms with Crippen molar-refractivity contribution in [3.05, 3.63) is 47.3 Å². The van der Waals surface area contributed by atoms with Crippen molar-refractivity contribution in [2.24, 2.45) is 5.92 Å². The van der Waals surface area contributed by atoms with Crippen molar-refractivity contribution in [1.82, 2.24) is 15.1 Å². The molecule has 0 bridgehead atoms. The lowest BCUT2D eigenvalue weighted by molar-refractivity contribution is 0.0932. The van der Waals surface area contributed by atoms with Gasteiger partial charge in [-0.05, 0) is 50.2 Å². The van der Waals surface area contributed by atoms with Gasteiger partial charge in [0.05, 0.1) is 5.69 Å². The van der Waals surface area contributed by atoms with Crippen LogP contribution in [0.5, 0.6) is 0 Å². The largest absolute Gasteiger partial charge is 0.350 e. The summed E-state index contributed by atoms with van der Waals surface area (Å²) in [5.74, 6) is 0.674. The number of para-hydroxylation sites is 1. The molecule has 1 aromatic heterocycles. The maximum atomic E-state index is 12.5. The number of fused-ring (bicyclic) bond motifs is 1. The van der Waals surface area contributed by atoms with Gasteiger partial charge in [-0.25, -0.2) is 4.68 Å². The van der Waals surface area contributed by atoms with Gasteiger partial charge in [-0.2, -0.15) is 5.10 Å². The zero-order valence-corrected chi connectivity index (χ0v) is 12.7. The van der Waals surface area contributed by atoms with Gasteiger partial charge >= 0.3 is 0 Å². The number of benzene rings is 1. The number of hydrogen-bond acceptors (Lipinski definition) is 2. The van der Waals surface area contributed by atoms with E-state index in [2.05, 4.69) is 10.4 Å².